The summed E-state index contributed by atoms with van der Waals surface area (Å²) in [4.78, 5) is 26.6. The Labute approximate surface area is 163 Å². The van der Waals surface area contributed by atoms with E-state index in [1.165, 1.54) is 11.6 Å². The van der Waals surface area contributed by atoms with Crippen LogP contribution in [0.5, 0.6) is 17.2 Å². The average Bonchev–Trinajstić information content (AvgIpc) is 2.64. The summed E-state index contributed by atoms with van der Waals surface area (Å²) in [7, 11) is 0. The van der Waals surface area contributed by atoms with Crippen LogP contribution in [0.1, 0.15) is 41.8 Å². The fraction of sp³-hybridized carbons (Fsp3) is 0.364. The van der Waals surface area contributed by atoms with Crippen molar-refractivity contribution in [3.63, 3.8) is 0 Å². The summed E-state index contributed by atoms with van der Waals surface area (Å²) in [6, 6.07) is 11.0. The van der Waals surface area contributed by atoms with Crippen molar-refractivity contribution in [1.82, 2.24) is 4.90 Å². The number of benzene rings is 2. The van der Waals surface area contributed by atoms with Gasteiger partial charge in [-0.15, -0.1) is 0 Å². The summed E-state index contributed by atoms with van der Waals surface area (Å²) in [5.41, 5.74) is 1.96. The Hall–Kier alpha value is -3.02. The summed E-state index contributed by atoms with van der Waals surface area (Å²) >= 11 is 0. The molecule has 6 nitrogen and oxygen atoms in total. The van der Waals surface area contributed by atoms with Crippen LogP contribution in [0, 0.1) is 0 Å². The maximum absolute atomic E-state index is 12.6. The molecule has 0 radical (unpaired) electrons. The van der Waals surface area contributed by atoms with Gasteiger partial charge in [0.05, 0.1) is 6.42 Å². The van der Waals surface area contributed by atoms with Crippen LogP contribution < -0.4 is 9.47 Å². The average molecular weight is 381 g/mol. The molecule has 2 heterocycles. The van der Waals surface area contributed by atoms with Crippen LogP contribution in [-0.2, 0) is 17.8 Å². The standard InChI is InChI=1S/C22H23NO5/c1-22(2)11-18(25)21-17(24)9-16(10-19(21)28-22)27-13-20(26)23-8-7-14-5-3-4-6-15(14)12-23/h3-6,9-10,24H,7-8,11-13H2,1-2H3. The molecule has 0 bridgehead atoms. The molecule has 2 aromatic carbocycles. The summed E-state index contributed by atoms with van der Waals surface area (Å²) < 4.78 is 11.4. The van der Waals surface area contributed by atoms with E-state index in [-0.39, 0.29) is 41.8 Å². The first-order valence-corrected chi connectivity index (χ1v) is 9.39. The van der Waals surface area contributed by atoms with Crippen LogP contribution in [0.15, 0.2) is 36.4 Å². The Bertz CT molecular complexity index is 950. The van der Waals surface area contributed by atoms with Gasteiger partial charge in [0.1, 0.15) is 28.4 Å². The number of amides is 1. The second kappa shape index (κ2) is 6.86. The first-order chi connectivity index (χ1) is 13.3. The van der Waals surface area contributed by atoms with Crippen LogP contribution in [0.2, 0.25) is 0 Å². The van der Waals surface area contributed by atoms with Crippen molar-refractivity contribution >= 4 is 11.7 Å². The van der Waals surface area contributed by atoms with Crippen molar-refractivity contribution in [3.05, 3.63) is 53.1 Å². The highest BCUT2D eigenvalue weighted by Crippen LogP contribution is 2.40. The molecule has 2 aromatic rings. The van der Waals surface area contributed by atoms with Crippen molar-refractivity contribution in [3.8, 4) is 17.2 Å². The summed E-state index contributed by atoms with van der Waals surface area (Å²) in [6.07, 6.45) is 1.02. The fourth-order valence-electron chi connectivity index (χ4n) is 3.77. The van der Waals surface area contributed by atoms with Crippen LogP contribution in [0.4, 0.5) is 0 Å². The van der Waals surface area contributed by atoms with Gasteiger partial charge in [0.15, 0.2) is 12.4 Å². The Morgan fingerprint density at radius 1 is 1.25 bits per heavy atom. The van der Waals surface area contributed by atoms with Gasteiger partial charge >= 0.3 is 0 Å². The van der Waals surface area contributed by atoms with Crippen LogP contribution in [0.25, 0.3) is 0 Å². The van der Waals surface area contributed by atoms with Gasteiger partial charge in [-0.3, -0.25) is 9.59 Å². The predicted octanol–water partition coefficient (Wildman–Crippen LogP) is 3.10. The van der Waals surface area contributed by atoms with E-state index >= 15 is 0 Å². The van der Waals surface area contributed by atoms with Crippen molar-refractivity contribution in [2.45, 2.75) is 38.8 Å². The lowest BCUT2D eigenvalue weighted by atomic mass is 9.92. The Morgan fingerprint density at radius 3 is 2.79 bits per heavy atom. The Balaban J connectivity index is 1.45. The topological polar surface area (TPSA) is 76.1 Å². The molecule has 2 aliphatic rings. The third-order valence-corrected chi connectivity index (χ3v) is 5.15. The van der Waals surface area contributed by atoms with Gasteiger partial charge in [-0.1, -0.05) is 24.3 Å². The van der Waals surface area contributed by atoms with Gasteiger partial charge in [-0.05, 0) is 31.4 Å². The number of phenolic OH excluding ortho intramolecular Hbond substituents is 1. The molecule has 0 spiro atoms. The van der Waals surface area contributed by atoms with E-state index in [4.69, 9.17) is 9.47 Å². The van der Waals surface area contributed by atoms with Crippen molar-refractivity contribution in [2.24, 2.45) is 0 Å². The number of rotatable bonds is 3. The fourth-order valence-corrected chi connectivity index (χ4v) is 3.77. The van der Waals surface area contributed by atoms with E-state index in [2.05, 4.69) is 6.07 Å². The lowest BCUT2D eigenvalue weighted by molar-refractivity contribution is -0.134. The predicted molar refractivity (Wildman–Crippen MR) is 103 cm³/mol. The highest BCUT2D eigenvalue weighted by atomic mass is 16.5. The number of hydrogen-bond donors (Lipinski definition) is 1. The number of ether oxygens (including phenoxy) is 2. The van der Waals surface area contributed by atoms with Crippen molar-refractivity contribution < 1.29 is 24.2 Å². The van der Waals surface area contributed by atoms with Crippen LogP contribution in [-0.4, -0.2) is 40.4 Å². The minimum absolute atomic E-state index is 0.121. The van der Waals surface area contributed by atoms with Crippen LogP contribution >= 0.6 is 0 Å². The molecule has 4 rings (SSSR count). The third-order valence-electron chi connectivity index (χ3n) is 5.15. The first kappa shape index (κ1) is 18.3. The molecule has 0 atom stereocenters. The number of carbonyl (C=O) groups is 2. The van der Waals surface area contributed by atoms with Gasteiger partial charge in [-0.2, -0.15) is 0 Å². The SMILES string of the molecule is CC1(C)CC(=O)c2c(O)cc(OCC(=O)N3CCc4ccccc4C3)cc2O1. The maximum Gasteiger partial charge on any atom is 0.260 e. The molecule has 1 N–H and O–H groups in total. The molecular weight excluding hydrogens is 358 g/mol. The molecular formula is C22H23NO5. The molecule has 0 unspecified atom stereocenters. The summed E-state index contributed by atoms with van der Waals surface area (Å²) in [5, 5.41) is 10.2. The Morgan fingerprint density at radius 2 is 2.00 bits per heavy atom. The van der Waals surface area contributed by atoms with E-state index < -0.39 is 5.60 Å². The molecule has 0 saturated carbocycles. The zero-order valence-electron chi connectivity index (χ0n) is 16.0. The van der Waals surface area contributed by atoms with Gasteiger partial charge < -0.3 is 19.5 Å². The minimum atomic E-state index is -0.647. The highest BCUT2D eigenvalue weighted by molar-refractivity contribution is 6.03. The van der Waals surface area contributed by atoms with Gasteiger partial charge in [0, 0.05) is 25.2 Å². The molecule has 28 heavy (non-hydrogen) atoms. The monoisotopic (exact) mass is 381 g/mol. The first-order valence-electron chi connectivity index (χ1n) is 9.39. The van der Waals surface area contributed by atoms with Crippen molar-refractivity contribution in [1.29, 1.82) is 0 Å². The smallest absolute Gasteiger partial charge is 0.260 e. The lowest BCUT2D eigenvalue weighted by Crippen LogP contribution is -2.38. The van der Waals surface area contributed by atoms with Gasteiger partial charge in [-0.25, -0.2) is 0 Å². The molecule has 6 heteroatoms. The zero-order valence-corrected chi connectivity index (χ0v) is 16.0. The number of aromatic hydroxyl groups is 1. The molecule has 2 aliphatic heterocycles. The van der Waals surface area contributed by atoms with Gasteiger partial charge in [0.2, 0.25) is 0 Å². The number of nitrogens with zero attached hydrogens (tertiary/aromatic N) is 1. The number of carbonyl (C=O) groups excluding carboxylic acids is 2. The van der Waals surface area contributed by atoms with E-state index in [1.807, 2.05) is 32.0 Å². The Kier molecular flexibility index (Phi) is 4.49. The second-order valence-electron chi connectivity index (χ2n) is 7.90. The number of phenols is 1. The molecule has 0 saturated heterocycles. The third kappa shape index (κ3) is 3.54. The van der Waals surface area contributed by atoms with Gasteiger partial charge in [0.25, 0.3) is 5.91 Å². The molecule has 0 fully saturated rings. The van der Waals surface area contributed by atoms with Crippen molar-refractivity contribution in [2.75, 3.05) is 13.2 Å². The number of fused-ring (bicyclic) bond motifs is 2. The second-order valence-corrected chi connectivity index (χ2v) is 7.90. The highest BCUT2D eigenvalue weighted by Gasteiger charge is 2.35. The quantitative estimate of drug-likeness (QED) is 0.884. The van der Waals surface area contributed by atoms with E-state index in [9.17, 15) is 14.7 Å². The van der Waals surface area contributed by atoms with E-state index in [0.29, 0.717) is 18.8 Å². The van der Waals surface area contributed by atoms with E-state index in [1.54, 1.807) is 11.0 Å². The maximum atomic E-state index is 12.6. The summed E-state index contributed by atoms with van der Waals surface area (Å²) in [5.74, 6) is 0.109. The van der Waals surface area contributed by atoms with E-state index in [0.717, 1.165) is 12.0 Å². The molecule has 0 aromatic heterocycles. The molecule has 0 aliphatic carbocycles. The molecule has 1 amide bonds. The lowest BCUT2D eigenvalue weighted by Gasteiger charge is -2.32. The number of hydrogen-bond acceptors (Lipinski definition) is 5. The normalized spacial score (nSPS) is 17.4. The number of Topliss-reactive ketones (excluding diaryl/α,β-unsaturated/α-hetero) is 1. The van der Waals surface area contributed by atoms with Crippen LogP contribution in [0.3, 0.4) is 0 Å². The number of ketones is 1. The summed E-state index contributed by atoms with van der Waals surface area (Å²) in [6.45, 7) is 4.71. The largest absolute Gasteiger partial charge is 0.507 e. The zero-order chi connectivity index (χ0) is 19.9. The molecule has 146 valence electrons. The minimum Gasteiger partial charge on any atom is -0.507 e.